The van der Waals surface area contributed by atoms with Gasteiger partial charge in [0.25, 0.3) is 0 Å². The van der Waals surface area contributed by atoms with E-state index < -0.39 is 0 Å². The van der Waals surface area contributed by atoms with Crippen LogP contribution in [-0.4, -0.2) is 77.8 Å². The van der Waals surface area contributed by atoms with E-state index in [0.29, 0.717) is 32.5 Å². The number of nitrogens with zero attached hydrogens (tertiary/aromatic N) is 1. The Labute approximate surface area is 124 Å². The van der Waals surface area contributed by atoms with Crippen molar-refractivity contribution in [3.05, 3.63) is 0 Å². The third kappa shape index (κ3) is 15.9. The van der Waals surface area contributed by atoms with Gasteiger partial charge in [-0.25, -0.2) is 0 Å². The molecule has 1 atom stereocenters. The van der Waals surface area contributed by atoms with Crippen LogP contribution in [0.1, 0.15) is 26.7 Å². The molecule has 0 saturated heterocycles. The second-order valence-corrected chi connectivity index (χ2v) is 5.31. The molecule has 0 aromatic heterocycles. The Hall–Kier alpha value is -0.200. The molecule has 122 valence electrons. The molecular formula is C15H34N2O3. The molecule has 0 heterocycles. The van der Waals surface area contributed by atoms with Crippen molar-refractivity contribution in [1.82, 2.24) is 10.2 Å². The Kier molecular flexibility index (Phi) is 15.0. The maximum absolute atomic E-state index is 5.49. The van der Waals surface area contributed by atoms with Gasteiger partial charge in [-0.2, -0.15) is 0 Å². The van der Waals surface area contributed by atoms with Crippen LogP contribution < -0.4 is 5.32 Å². The molecular weight excluding hydrogens is 256 g/mol. The predicted octanol–water partition coefficient (Wildman–Crippen LogP) is 1.38. The Morgan fingerprint density at radius 1 is 0.900 bits per heavy atom. The molecule has 0 aliphatic heterocycles. The standard InChI is InChI=1S/C15H34N2O3/c1-5-6-8-18-10-12-20-13-11-19-9-7-16-15(2)14-17(3)4/h15-16H,5-14H2,1-4H3. The number of nitrogens with one attached hydrogen (secondary N) is 1. The van der Waals surface area contributed by atoms with Gasteiger partial charge in [0.15, 0.2) is 0 Å². The van der Waals surface area contributed by atoms with E-state index in [9.17, 15) is 0 Å². The van der Waals surface area contributed by atoms with Crippen molar-refractivity contribution >= 4 is 0 Å². The Morgan fingerprint density at radius 3 is 2.00 bits per heavy atom. The summed E-state index contributed by atoms with van der Waals surface area (Å²) >= 11 is 0. The van der Waals surface area contributed by atoms with Gasteiger partial charge in [0.1, 0.15) is 0 Å². The number of hydrogen-bond donors (Lipinski definition) is 1. The first-order chi connectivity index (χ1) is 9.66. The monoisotopic (exact) mass is 290 g/mol. The molecule has 0 bridgehead atoms. The lowest BCUT2D eigenvalue weighted by atomic mass is 10.3. The van der Waals surface area contributed by atoms with E-state index in [4.69, 9.17) is 14.2 Å². The fourth-order valence-corrected chi connectivity index (χ4v) is 1.78. The van der Waals surface area contributed by atoms with Gasteiger partial charge in [-0.15, -0.1) is 0 Å². The molecule has 0 aromatic carbocycles. The average molecular weight is 290 g/mol. The third-order valence-electron chi connectivity index (χ3n) is 2.76. The first kappa shape index (κ1) is 19.8. The molecule has 0 fully saturated rings. The molecule has 0 saturated carbocycles. The second-order valence-electron chi connectivity index (χ2n) is 5.31. The number of ether oxygens (including phenoxy) is 3. The lowest BCUT2D eigenvalue weighted by Gasteiger charge is -2.18. The highest BCUT2D eigenvalue weighted by Gasteiger charge is 2.01. The summed E-state index contributed by atoms with van der Waals surface area (Å²) in [5, 5.41) is 3.42. The van der Waals surface area contributed by atoms with Gasteiger partial charge in [-0.1, -0.05) is 13.3 Å². The fourth-order valence-electron chi connectivity index (χ4n) is 1.78. The van der Waals surface area contributed by atoms with Crippen LogP contribution in [0.25, 0.3) is 0 Å². The summed E-state index contributed by atoms with van der Waals surface area (Å²) in [6, 6.07) is 0.491. The minimum atomic E-state index is 0.491. The summed E-state index contributed by atoms with van der Waals surface area (Å²) in [5.41, 5.74) is 0. The van der Waals surface area contributed by atoms with E-state index in [0.717, 1.165) is 32.7 Å². The first-order valence-electron chi connectivity index (χ1n) is 7.78. The van der Waals surface area contributed by atoms with E-state index in [-0.39, 0.29) is 0 Å². The lowest BCUT2D eigenvalue weighted by Crippen LogP contribution is -2.37. The molecule has 0 radical (unpaired) electrons. The van der Waals surface area contributed by atoms with Crippen LogP contribution in [0, 0.1) is 0 Å². The van der Waals surface area contributed by atoms with Gasteiger partial charge in [-0.3, -0.25) is 0 Å². The van der Waals surface area contributed by atoms with Crippen LogP contribution in [0.4, 0.5) is 0 Å². The first-order valence-corrected chi connectivity index (χ1v) is 7.78. The van der Waals surface area contributed by atoms with Crippen LogP contribution in [0.2, 0.25) is 0 Å². The SMILES string of the molecule is CCCCOCCOCCOCCNC(C)CN(C)C. The maximum Gasteiger partial charge on any atom is 0.0701 e. The number of hydrogen-bond acceptors (Lipinski definition) is 5. The summed E-state index contributed by atoms with van der Waals surface area (Å²) in [6.45, 7) is 10.5. The zero-order valence-electron chi connectivity index (χ0n) is 13.8. The van der Waals surface area contributed by atoms with Gasteiger partial charge < -0.3 is 24.4 Å². The van der Waals surface area contributed by atoms with Crippen molar-refractivity contribution in [3.8, 4) is 0 Å². The van der Waals surface area contributed by atoms with Gasteiger partial charge in [-0.05, 0) is 27.4 Å². The Bertz CT molecular complexity index is 192. The van der Waals surface area contributed by atoms with Crippen molar-refractivity contribution in [1.29, 1.82) is 0 Å². The normalized spacial score (nSPS) is 13.1. The molecule has 1 unspecified atom stereocenters. The van der Waals surface area contributed by atoms with Gasteiger partial charge in [0.05, 0.1) is 33.0 Å². The molecule has 1 N–H and O–H groups in total. The predicted molar refractivity (Wildman–Crippen MR) is 83.4 cm³/mol. The van der Waals surface area contributed by atoms with E-state index in [1.165, 1.54) is 6.42 Å². The number of unbranched alkanes of at least 4 members (excludes halogenated alkanes) is 1. The van der Waals surface area contributed by atoms with Crippen molar-refractivity contribution in [2.75, 3.05) is 66.8 Å². The van der Waals surface area contributed by atoms with Crippen LogP contribution >= 0.6 is 0 Å². The molecule has 0 aliphatic rings. The van der Waals surface area contributed by atoms with Crippen molar-refractivity contribution in [2.45, 2.75) is 32.7 Å². The highest BCUT2D eigenvalue weighted by molar-refractivity contribution is 4.62. The quantitative estimate of drug-likeness (QED) is 0.462. The molecule has 0 spiro atoms. The topological polar surface area (TPSA) is 43.0 Å². The van der Waals surface area contributed by atoms with Crippen LogP contribution in [0.15, 0.2) is 0 Å². The summed E-state index contributed by atoms with van der Waals surface area (Å²) < 4.78 is 16.3. The smallest absolute Gasteiger partial charge is 0.0701 e. The van der Waals surface area contributed by atoms with E-state index in [2.05, 4.69) is 38.2 Å². The average Bonchev–Trinajstić information content (AvgIpc) is 2.39. The van der Waals surface area contributed by atoms with Crippen LogP contribution in [0.3, 0.4) is 0 Å². The second kappa shape index (κ2) is 15.2. The van der Waals surface area contributed by atoms with Gasteiger partial charge >= 0.3 is 0 Å². The summed E-state index contributed by atoms with van der Waals surface area (Å²) in [6.07, 6.45) is 2.30. The zero-order valence-corrected chi connectivity index (χ0v) is 13.8. The highest BCUT2D eigenvalue weighted by Crippen LogP contribution is 1.88. The molecule has 0 amide bonds. The van der Waals surface area contributed by atoms with Crippen molar-refractivity contribution in [2.24, 2.45) is 0 Å². The molecule has 0 rings (SSSR count). The number of likely N-dealkylation sites (N-methyl/N-ethyl adjacent to an activating group) is 1. The zero-order chi connectivity index (χ0) is 15.1. The summed E-state index contributed by atoms with van der Waals surface area (Å²) in [5.74, 6) is 0. The van der Waals surface area contributed by atoms with E-state index in [1.54, 1.807) is 0 Å². The molecule has 5 heteroatoms. The van der Waals surface area contributed by atoms with Crippen molar-refractivity contribution in [3.63, 3.8) is 0 Å². The summed E-state index contributed by atoms with van der Waals surface area (Å²) in [7, 11) is 4.16. The lowest BCUT2D eigenvalue weighted by molar-refractivity contribution is 0.0144. The number of rotatable bonds is 15. The van der Waals surface area contributed by atoms with Crippen LogP contribution in [-0.2, 0) is 14.2 Å². The van der Waals surface area contributed by atoms with Gasteiger partial charge in [0, 0.05) is 25.7 Å². The Balaban J connectivity index is 3.06. The molecule has 0 aromatic rings. The van der Waals surface area contributed by atoms with E-state index >= 15 is 0 Å². The van der Waals surface area contributed by atoms with Crippen LogP contribution in [0.5, 0.6) is 0 Å². The minimum Gasteiger partial charge on any atom is -0.379 e. The van der Waals surface area contributed by atoms with Crippen molar-refractivity contribution < 1.29 is 14.2 Å². The van der Waals surface area contributed by atoms with E-state index in [1.807, 2.05) is 0 Å². The molecule has 5 nitrogen and oxygen atoms in total. The molecule has 20 heavy (non-hydrogen) atoms. The minimum absolute atomic E-state index is 0.491. The molecule has 0 aliphatic carbocycles. The summed E-state index contributed by atoms with van der Waals surface area (Å²) in [4.78, 5) is 2.18. The Morgan fingerprint density at radius 2 is 1.45 bits per heavy atom. The highest BCUT2D eigenvalue weighted by atomic mass is 16.5. The van der Waals surface area contributed by atoms with Gasteiger partial charge in [0.2, 0.25) is 0 Å². The third-order valence-corrected chi connectivity index (χ3v) is 2.76. The maximum atomic E-state index is 5.49. The fraction of sp³-hybridized carbons (Fsp3) is 1.00. The largest absolute Gasteiger partial charge is 0.379 e.